The molecule has 2 N–H and O–H groups in total. The van der Waals surface area contributed by atoms with Crippen molar-refractivity contribution in [3.63, 3.8) is 0 Å². The Hall–Kier alpha value is -1.82. The number of rotatable bonds is 1. The highest BCUT2D eigenvalue weighted by Crippen LogP contribution is 2.19. The molecule has 0 atom stereocenters. The SMILES string of the molecule is Cc1c(O)cccc1C(=N)C#N. The summed E-state index contributed by atoms with van der Waals surface area (Å²) in [6.45, 7) is 1.68. The fourth-order valence-electron chi connectivity index (χ4n) is 0.955. The van der Waals surface area contributed by atoms with Crippen LogP contribution in [0.2, 0.25) is 0 Å². The van der Waals surface area contributed by atoms with E-state index in [2.05, 4.69) is 0 Å². The molecule has 0 aromatic heterocycles. The van der Waals surface area contributed by atoms with Gasteiger partial charge in [0, 0.05) is 11.1 Å². The number of aromatic hydroxyl groups is 1. The van der Waals surface area contributed by atoms with Crippen LogP contribution >= 0.6 is 0 Å². The number of phenols is 1. The van der Waals surface area contributed by atoms with Gasteiger partial charge in [0.25, 0.3) is 0 Å². The third kappa shape index (κ3) is 1.28. The molecule has 3 nitrogen and oxygen atoms in total. The minimum atomic E-state index is -0.122. The summed E-state index contributed by atoms with van der Waals surface area (Å²) in [5, 5.41) is 24.9. The van der Waals surface area contributed by atoms with Gasteiger partial charge in [0.15, 0.2) is 0 Å². The lowest BCUT2D eigenvalue weighted by Crippen LogP contribution is -1.97. The number of phenolic OH excluding ortho intramolecular Hbond substituents is 1. The number of hydrogen-bond donors (Lipinski definition) is 2. The Kier molecular flexibility index (Phi) is 2.11. The summed E-state index contributed by atoms with van der Waals surface area (Å²) in [5.41, 5.74) is 0.935. The average molecular weight is 160 g/mol. The van der Waals surface area contributed by atoms with Gasteiger partial charge in [0.1, 0.15) is 17.5 Å². The van der Waals surface area contributed by atoms with Gasteiger partial charge in [-0.25, -0.2) is 0 Å². The Morgan fingerprint density at radius 2 is 2.25 bits per heavy atom. The maximum atomic E-state index is 9.24. The lowest BCUT2D eigenvalue weighted by atomic mass is 10.0. The predicted molar refractivity (Wildman–Crippen MR) is 45.3 cm³/mol. The molecule has 12 heavy (non-hydrogen) atoms. The van der Waals surface area contributed by atoms with Gasteiger partial charge in [-0.15, -0.1) is 0 Å². The first kappa shape index (κ1) is 8.28. The number of benzene rings is 1. The molecule has 0 radical (unpaired) electrons. The summed E-state index contributed by atoms with van der Waals surface area (Å²) in [4.78, 5) is 0. The molecule has 0 bridgehead atoms. The lowest BCUT2D eigenvalue weighted by Gasteiger charge is -2.02. The molecule has 0 fully saturated rings. The largest absolute Gasteiger partial charge is 0.508 e. The maximum Gasteiger partial charge on any atom is 0.139 e. The smallest absolute Gasteiger partial charge is 0.139 e. The van der Waals surface area contributed by atoms with Crippen molar-refractivity contribution < 1.29 is 5.11 Å². The number of nitrogens with one attached hydrogen (secondary N) is 1. The molecule has 0 saturated carbocycles. The van der Waals surface area contributed by atoms with Crippen molar-refractivity contribution in [1.29, 1.82) is 10.7 Å². The van der Waals surface area contributed by atoms with Crippen molar-refractivity contribution in [2.45, 2.75) is 6.92 Å². The molecular weight excluding hydrogens is 152 g/mol. The molecule has 0 amide bonds. The van der Waals surface area contributed by atoms with Crippen LogP contribution in [0.4, 0.5) is 0 Å². The third-order valence-corrected chi connectivity index (χ3v) is 1.69. The van der Waals surface area contributed by atoms with E-state index in [1.54, 1.807) is 25.1 Å². The van der Waals surface area contributed by atoms with Crippen LogP contribution in [0.5, 0.6) is 5.75 Å². The molecule has 1 rings (SSSR count). The zero-order valence-corrected chi connectivity index (χ0v) is 6.63. The van der Waals surface area contributed by atoms with E-state index >= 15 is 0 Å². The van der Waals surface area contributed by atoms with E-state index in [9.17, 15) is 5.11 Å². The number of nitriles is 1. The van der Waals surface area contributed by atoms with Gasteiger partial charge in [-0.2, -0.15) is 5.26 Å². The van der Waals surface area contributed by atoms with E-state index in [1.807, 2.05) is 0 Å². The van der Waals surface area contributed by atoms with Crippen LogP contribution in [-0.4, -0.2) is 10.8 Å². The molecular formula is C9H8N2O. The van der Waals surface area contributed by atoms with Gasteiger partial charge in [-0.05, 0) is 13.0 Å². The molecule has 0 heterocycles. The van der Waals surface area contributed by atoms with Gasteiger partial charge in [0.2, 0.25) is 0 Å². The van der Waals surface area contributed by atoms with Crippen LogP contribution in [0.25, 0.3) is 0 Å². The first-order chi connectivity index (χ1) is 5.66. The number of hydrogen-bond acceptors (Lipinski definition) is 3. The van der Waals surface area contributed by atoms with E-state index < -0.39 is 0 Å². The second kappa shape index (κ2) is 3.05. The van der Waals surface area contributed by atoms with Crippen LogP contribution in [0.15, 0.2) is 18.2 Å². The first-order valence-corrected chi connectivity index (χ1v) is 3.44. The molecule has 60 valence electrons. The van der Waals surface area contributed by atoms with Gasteiger partial charge >= 0.3 is 0 Å². The molecule has 1 aromatic rings. The monoisotopic (exact) mass is 160 g/mol. The highest BCUT2D eigenvalue weighted by molar-refractivity contribution is 6.10. The Morgan fingerprint density at radius 1 is 1.58 bits per heavy atom. The summed E-state index contributed by atoms with van der Waals surface area (Å²) in [6, 6.07) is 6.51. The van der Waals surface area contributed by atoms with E-state index in [4.69, 9.17) is 10.7 Å². The van der Waals surface area contributed by atoms with Crippen LogP contribution in [-0.2, 0) is 0 Å². The Labute approximate surface area is 70.4 Å². The van der Waals surface area contributed by atoms with Crippen molar-refractivity contribution in [2.24, 2.45) is 0 Å². The van der Waals surface area contributed by atoms with E-state index in [1.165, 1.54) is 6.07 Å². The standard InChI is InChI=1S/C9H8N2O/c1-6-7(8(11)5-10)3-2-4-9(6)12/h2-4,11-12H,1H3. The quantitative estimate of drug-likeness (QED) is 0.612. The fraction of sp³-hybridized carbons (Fsp3) is 0.111. The minimum absolute atomic E-state index is 0.118. The number of nitrogens with zero attached hydrogens (tertiary/aromatic N) is 1. The normalized spacial score (nSPS) is 9.00. The fourth-order valence-corrected chi connectivity index (χ4v) is 0.955. The molecule has 0 aliphatic heterocycles. The molecule has 3 heteroatoms. The molecule has 1 aromatic carbocycles. The van der Waals surface area contributed by atoms with Crippen molar-refractivity contribution in [3.05, 3.63) is 29.3 Å². The Morgan fingerprint density at radius 3 is 2.83 bits per heavy atom. The molecule has 0 aliphatic rings. The van der Waals surface area contributed by atoms with Crippen molar-refractivity contribution in [2.75, 3.05) is 0 Å². The average Bonchev–Trinajstić information content (AvgIpc) is 2.08. The predicted octanol–water partition coefficient (Wildman–Crippen LogP) is 1.59. The van der Waals surface area contributed by atoms with Crippen LogP contribution in [0.3, 0.4) is 0 Å². The Balaban J connectivity index is 3.28. The van der Waals surface area contributed by atoms with E-state index in [0.29, 0.717) is 11.1 Å². The highest BCUT2D eigenvalue weighted by Gasteiger charge is 2.06. The summed E-state index contributed by atoms with van der Waals surface area (Å²) < 4.78 is 0. The topological polar surface area (TPSA) is 67.9 Å². The van der Waals surface area contributed by atoms with Gasteiger partial charge in [-0.3, -0.25) is 5.41 Å². The zero-order chi connectivity index (χ0) is 9.14. The third-order valence-electron chi connectivity index (χ3n) is 1.69. The van der Waals surface area contributed by atoms with Crippen molar-refractivity contribution >= 4 is 5.71 Å². The summed E-state index contributed by atoms with van der Waals surface area (Å²) in [5.74, 6) is 0.118. The first-order valence-electron chi connectivity index (χ1n) is 3.44. The molecule has 0 aliphatic carbocycles. The summed E-state index contributed by atoms with van der Waals surface area (Å²) >= 11 is 0. The second-order valence-electron chi connectivity index (χ2n) is 2.44. The van der Waals surface area contributed by atoms with Crippen LogP contribution in [0.1, 0.15) is 11.1 Å². The van der Waals surface area contributed by atoms with Gasteiger partial charge < -0.3 is 5.11 Å². The maximum absolute atomic E-state index is 9.24. The van der Waals surface area contributed by atoms with Crippen LogP contribution in [0, 0.1) is 23.7 Å². The van der Waals surface area contributed by atoms with Crippen molar-refractivity contribution in [3.8, 4) is 11.8 Å². The summed E-state index contributed by atoms with van der Waals surface area (Å²) in [6.07, 6.45) is 0. The highest BCUT2D eigenvalue weighted by atomic mass is 16.3. The van der Waals surface area contributed by atoms with Crippen LogP contribution < -0.4 is 0 Å². The van der Waals surface area contributed by atoms with E-state index in [-0.39, 0.29) is 11.5 Å². The molecule has 0 unspecified atom stereocenters. The molecule has 0 saturated heterocycles. The minimum Gasteiger partial charge on any atom is -0.508 e. The zero-order valence-electron chi connectivity index (χ0n) is 6.63. The van der Waals surface area contributed by atoms with E-state index in [0.717, 1.165) is 0 Å². The van der Waals surface area contributed by atoms with Crippen molar-refractivity contribution in [1.82, 2.24) is 0 Å². The Bertz CT molecular complexity index is 363. The van der Waals surface area contributed by atoms with Gasteiger partial charge in [0.05, 0.1) is 0 Å². The van der Waals surface area contributed by atoms with Gasteiger partial charge in [-0.1, -0.05) is 12.1 Å². The second-order valence-corrected chi connectivity index (χ2v) is 2.44. The lowest BCUT2D eigenvalue weighted by molar-refractivity contribution is 0.471. The summed E-state index contributed by atoms with van der Waals surface area (Å²) in [7, 11) is 0. The molecule has 0 spiro atoms.